The van der Waals surface area contributed by atoms with Gasteiger partial charge in [-0.1, -0.05) is 30.3 Å². The Hall–Kier alpha value is -2.22. The average molecular weight is 306 g/mol. The van der Waals surface area contributed by atoms with Crippen molar-refractivity contribution in [1.82, 2.24) is 15.2 Å². The van der Waals surface area contributed by atoms with E-state index in [1.54, 1.807) is 0 Å². The summed E-state index contributed by atoms with van der Waals surface area (Å²) in [7, 11) is -3.46. The molecule has 8 heteroatoms. The van der Waals surface area contributed by atoms with E-state index in [1.165, 1.54) is 0 Å². The van der Waals surface area contributed by atoms with Gasteiger partial charge in [-0.15, -0.1) is 5.10 Å². The summed E-state index contributed by atoms with van der Waals surface area (Å²) in [6.45, 7) is 0. The van der Waals surface area contributed by atoms with Gasteiger partial charge in [-0.2, -0.15) is 4.98 Å². The molecule has 2 atom stereocenters. The maximum atomic E-state index is 12.1. The summed E-state index contributed by atoms with van der Waals surface area (Å²) in [5.74, 6) is -0.117. The number of benzene rings is 1. The molecule has 0 saturated heterocycles. The van der Waals surface area contributed by atoms with Gasteiger partial charge in [0.05, 0.1) is 0 Å². The highest BCUT2D eigenvalue weighted by molar-refractivity contribution is 7.90. The Morgan fingerprint density at radius 3 is 2.67 bits per heavy atom. The van der Waals surface area contributed by atoms with Gasteiger partial charge >= 0.3 is 0 Å². The Balaban J connectivity index is 1.65. The number of aromatic nitrogens is 3. The minimum absolute atomic E-state index is 0.0147. The lowest BCUT2D eigenvalue weighted by Gasteiger charge is -2.00. The number of hydrogen-bond donors (Lipinski definition) is 2. The molecule has 0 aliphatic heterocycles. The summed E-state index contributed by atoms with van der Waals surface area (Å²) >= 11 is 0. The summed E-state index contributed by atoms with van der Waals surface area (Å²) in [5.41, 5.74) is 1.13. The van der Waals surface area contributed by atoms with Gasteiger partial charge in [0.1, 0.15) is 0 Å². The van der Waals surface area contributed by atoms with Crippen LogP contribution in [0.15, 0.2) is 35.5 Å². The van der Waals surface area contributed by atoms with Crippen molar-refractivity contribution in [3.05, 3.63) is 35.9 Å². The van der Waals surface area contributed by atoms with Crippen molar-refractivity contribution in [2.45, 2.75) is 17.5 Å². The van der Waals surface area contributed by atoms with Crippen molar-refractivity contribution in [2.24, 2.45) is 5.92 Å². The number of carbonyl (C=O) groups is 1. The first-order valence-corrected chi connectivity index (χ1v) is 8.32. The van der Waals surface area contributed by atoms with Crippen LogP contribution in [0.25, 0.3) is 0 Å². The van der Waals surface area contributed by atoms with Crippen molar-refractivity contribution in [2.75, 3.05) is 11.6 Å². The second-order valence-corrected chi connectivity index (χ2v) is 7.02. The second-order valence-electron chi connectivity index (χ2n) is 5.08. The van der Waals surface area contributed by atoms with Crippen molar-refractivity contribution in [3.8, 4) is 0 Å². The molecule has 7 nitrogen and oxygen atoms in total. The normalized spacial score (nSPS) is 21.0. The van der Waals surface area contributed by atoms with Gasteiger partial charge in [-0.3, -0.25) is 10.1 Å². The maximum Gasteiger partial charge on any atom is 0.249 e. The van der Waals surface area contributed by atoms with E-state index >= 15 is 0 Å². The highest BCUT2D eigenvalue weighted by Gasteiger charge is 2.44. The van der Waals surface area contributed by atoms with Crippen LogP contribution in [-0.4, -0.2) is 35.8 Å². The molecule has 0 unspecified atom stereocenters. The van der Waals surface area contributed by atoms with Crippen molar-refractivity contribution >= 4 is 21.7 Å². The van der Waals surface area contributed by atoms with Crippen LogP contribution in [0.1, 0.15) is 17.9 Å². The van der Waals surface area contributed by atoms with Crippen LogP contribution in [0.2, 0.25) is 0 Å². The molecular formula is C13H14N4O3S. The minimum Gasteiger partial charge on any atom is -0.293 e. The van der Waals surface area contributed by atoms with Crippen LogP contribution in [0, 0.1) is 5.92 Å². The van der Waals surface area contributed by atoms with Crippen LogP contribution < -0.4 is 5.32 Å². The van der Waals surface area contributed by atoms with Crippen LogP contribution in [0.3, 0.4) is 0 Å². The van der Waals surface area contributed by atoms with Gasteiger partial charge < -0.3 is 0 Å². The number of hydrogen-bond acceptors (Lipinski definition) is 5. The third kappa shape index (κ3) is 2.94. The zero-order chi connectivity index (χ0) is 15.0. The standard InChI is InChI=1S/C13H14N4O3S/c1-21(19,20)13-15-12(16-17-13)14-11(18)10-7-9(10)8-5-3-2-4-6-8/h2-6,9-10H,7H2,1H3,(H2,14,15,16,17,18)/t9-,10-/m1/s1. The summed E-state index contributed by atoms with van der Waals surface area (Å²) in [5, 5.41) is 8.26. The van der Waals surface area contributed by atoms with E-state index in [0.29, 0.717) is 0 Å². The fraction of sp³-hybridized carbons (Fsp3) is 0.308. The summed E-state index contributed by atoms with van der Waals surface area (Å²) in [4.78, 5) is 15.8. The van der Waals surface area contributed by atoms with E-state index in [2.05, 4.69) is 20.5 Å². The number of amides is 1. The lowest BCUT2D eigenvalue weighted by molar-refractivity contribution is -0.117. The molecule has 1 aliphatic carbocycles. The first-order chi connectivity index (χ1) is 9.95. The van der Waals surface area contributed by atoms with E-state index in [9.17, 15) is 13.2 Å². The largest absolute Gasteiger partial charge is 0.293 e. The van der Waals surface area contributed by atoms with Crippen LogP contribution >= 0.6 is 0 Å². The number of sulfone groups is 1. The summed E-state index contributed by atoms with van der Waals surface area (Å²) < 4.78 is 22.5. The molecule has 110 valence electrons. The highest BCUT2D eigenvalue weighted by atomic mass is 32.2. The van der Waals surface area contributed by atoms with Crippen molar-refractivity contribution in [3.63, 3.8) is 0 Å². The lowest BCUT2D eigenvalue weighted by Crippen LogP contribution is -2.15. The number of nitrogens with one attached hydrogen (secondary N) is 2. The minimum atomic E-state index is -3.46. The zero-order valence-electron chi connectivity index (χ0n) is 11.3. The second kappa shape index (κ2) is 4.96. The number of aromatic amines is 1. The fourth-order valence-electron chi connectivity index (χ4n) is 2.22. The van der Waals surface area contributed by atoms with Gasteiger partial charge in [0, 0.05) is 12.2 Å². The van der Waals surface area contributed by atoms with Crippen LogP contribution in [0.5, 0.6) is 0 Å². The maximum absolute atomic E-state index is 12.1. The SMILES string of the molecule is CS(=O)(=O)c1nc(NC(=O)[C@@H]2C[C@@H]2c2ccccc2)n[nH]1. The summed E-state index contributed by atoms with van der Waals surface area (Å²) in [6.07, 6.45) is 1.80. The number of anilines is 1. The van der Waals surface area contributed by atoms with E-state index < -0.39 is 9.84 Å². The molecule has 1 amide bonds. The summed E-state index contributed by atoms with van der Waals surface area (Å²) in [6, 6.07) is 9.80. The number of H-pyrrole nitrogens is 1. The molecule has 1 fully saturated rings. The molecule has 1 heterocycles. The Morgan fingerprint density at radius 2 is 2.05 bits per heavy atom. The van der Waals surface area contributed by atoms with E-state index in [4.69, 9.17) is 0 Å². The fourth-order valence-corrected chi connectivity index (χ4v) is 2.69. The quantitative estimate of drug-likeness (QED) is 0.875. The Bertz CT molecular complexity index is 770. The molecule has 1 saturated carbocycles. The molecule has 3 rings (SSSR count). The third-order valence-corrected chi connectivity index (χ3v) is 4.29. The molecule has 1 aromatic heterocycles. The molecule has 0 radical (unpaired) electrons. The van der Waals surface area contributed by atoms with E-state index in [-0.39, 0.29) is 28.8 Å². The van der Waals surface area contributed by atoms with Crippen LogP contribution in [0.4, 0.5) is 5.95 Å². The molecular weight excluding hydrogens is 292 g/mol. The Morgan fingerprint density at radius 1 is 1.33 bits per heavy atom. The average Bonchev–Trinajstić information content (AvgIpc) is 3.11. The predicted molar refractivity (Wildman–Crippen MR) is 75.4 cm³/mol. The molecule has 2 aromatic rings. The van der Waals surface area contributed by atoms with Gasteiger partial charge in [0.25, 0.3) is 0 Å². The van der Waals surface area contributed by atoms with Crippen molar-refractivity contribution < 1.29 is 13.2 Å². The smallest absolute Gasteiger partial charge is 0.249 e. The zero-order valence-corrected chi connectivity index (χ0v) is 12.1. The first-order valence-electron chi connectivity index (χ1n) is 6.43. The molecule has 0 spiro atoms. The van der Waals surface area contributed by atoms with Crippen molar-refractivity contribution in [1.29, 1.82) is 0 Å². The van der Waals surface area contributed by atoms with Gasteiger partial charge in [0.2, 0.25) is 26.8 Å². The number of carbonyl (C=O) groups excluding carboxylic acids is 1. The van der Waals surface area contributed by atoms with E-state index in [1.807, 2.05) is 30.3 Å². The molecule has 0 bridgehead atoms. The molecule has 2 N–H and O–H groups in total. The molecule has 1 aromatic carbocycles. The van der Waals surface area contributed by atoms with Gasteiger partial charge in [-0.25, -0.2) is 13.5 Å². The van der Waals surface area contributed by atoms with E-state index in [0.717, 1.165) is 18.2 Å². The third-order valence-electron chi connectivity index (χ3n) is 3.41. The predicted octanol–water partition coefficient (Wildman–Crippen LogP) is 0.950. The first kappa shape index (κ1) is 13.7. The highest BCUT2D eigenvalue weighted by Crippen LogP contribution is 2.47. The Labute approximate surface area is 121 Å². The Kier molecular flexibility index (Phi) is 3.25. The number of nitrogens with zero attached hydrogens (tertiary/aromatic N) is 2. The molecule has 21 heavy (non-hydrogen) atoms. The topological polar surface area (TPSA) is 105 Å². The van der Waals surface area contributed by atoms with Crippen LogP contribution in [-0.2, 0) is 14.6 Å². The van der Waals surface area contributed by atoms with Gasteiger partial charge in [0.15, 0.2) is 0 Å². The monoisotopic (exact) mass is 306 g/mol. The van der Waals surface area contributed by atoms with Gasteiger partial charge in [-0.05, 0) is 17.9 Å². The number of rotatable bonds is 4. The molecule has 1 aliphatic rings. The lowest BCUT2D eigenvalue weighted by atomic mass is 10.1.